The first kappa shape index (κ1) is 32.2. The molecule has 0 aliphatic carbocycles. The van der Waals surface area contributed by atoms with Crippen LogP contribution in [0.2, 0.25) is 20.1 Å². The summed E-state index contributed by atoms with van der Waals surface area (Å²) in [6, 6.07) is 35.6. The van der Waals surface area contributed by atoms with E-state index in [-0.39, 0.29) is 0 Å². The predicted octanol–water partition coefficient (Wildman–Crippen LogP) is 13.5. The summed E-state index contributed by atoms with van der Waals surface area (Å²) in [5, 5.41) is 6.56. The van der Waals surface area contributed by atoms with Gasteiger partial charge in [-0.3, -0.25) is 9.98 Å². The van der Waals surface area contributed by atoms with Gasteiger partial charge in [0.1, 0.15) is 0 Å². The van der Waals surface area contributed by atoms with Gasteiger partial charge in [-0.2, -0.15) is 0 Å². The van der Waals surface area contributed by atoms with Gasteiger partial charge in [0, 0.05) is 44.7 Å². The minimum absolute atomic E-state index is 0.536. The van der Waals surface area contributed by atoms with Crippen molar-refractivity contribution in [1.29, 1.82) is 0 Å². The molecule has 0 atom stereocenters. The summed E-state index contributed by atoms with van der Waals surface area (Å²) in [6.07, 6.45) is 3.54. The van der Waals surface area contributed by atoms with Crippen molar-refractivity contribution < 1.29 is 10.9 Å². The molecule has 43 heavy (non-hydrogen) atoms. The SMILES string of the molecule is Clc1ccc(C=Nc2ccc3ccccc3c2-c2c(N=Cc3ccc(Cl)cc3Cl)ccc3ccccc23)c(Cl)c1.[Br][Ni][Br]. The van der Waals surface area contributed by atoms with Gasteiger partial charge >= 0.3 is 39.3 Å². The number of hydrogen-bond acceptors (Lipinski definition) is 2. The van der Waals surface area contributed by atoms with Crippen LogP contribution >= 0.6 is 74.9 Å². The fourth-order valence-electron chi connectivity index (χ4n) is 4.75. The van der Waals surface area contributed by atoms with Gasteiger partial charge in [0.2, 0.25) is 0 Å². The molecule has 2 nitrogen and oxygen atoms in total. The van der Waals surface area contributed by atoms with E-state index in [1.54, 1.807) is 36.7 Å². The van der Waals surface area contributed by atoms with E-state index in [1.165, 1.54) is 10.9 Å². The van der Waals surface area contributed by atoms with Gasteiger partial charge < -0.3 is 0 Å². The maximum atomic E-state index is 6.46. The Kier molecular flexibility index (Phi) is 11.4. The Bertz CT molecular complexity index is 1850. The fraction of sp³-hybridized carbons (Fsp3) is 0. The van der Waals surface area contributed by atoms with Gasteiger partial charge in [0.25, 0.3) is 0 Å². The van der Waals surface area contributed by atoms with Gasteiger partial charge in [-0.05, 0) is 57.9 Å². The average molecular weight is 817 g/mol. The molecule has 0 aromatic heterocycles. The Morgan fingerprint density at radius 1 is 0.512 bits per heavy atom. The first-order valence-electron chi connectivity index (χ1n) is 12.7. The van der Waals surface area contributed by atoms with Gasteiger partial charge in [0.15, 0.2) is 0 Å². The Balaban J connectivity index is 0.00000118. The van der Waals surface area contributed by atoms with Crippen LogP contribution in [-0.2, 0) is 10.9 Å². The van der Waals surface area contributed by atoms with Gasteiger partial charge in [-0.15, -0.1) is 0 Å². The van der Waals surface area contributed by atoms with Crippen LogP contribution in [0.4, 0.5) is 11.4 Å². The Morgan fingerprint density at radius 2 is 0.907 bits per heavy atom. The molecule has 0 unspecified atom stereocenters. The summed E-state index contributed by atoms with van der Waals surface area (Å²) in [4.78, 5) is 9.89. The van der Waals surface area contributed by atoms with E-state index in [9.17, 15) is 0 Å². The van der Waals surface area contributed by atoms with E-state index in [1.807, 2.05) is 48.5 Å². The van der Waals surface area contributed by atoms with Crippen molar-refractivity contribution in [2.45, 2.75) is 0 Å². The molecule has 0 heterocycles. The molecule has 0 saturated carbocycles. The third-order valence-corrected chi connectivity index (χ3v) is 7.80. The van der Waals surface area contributed by atoms with Crippen molar-refractivity contribution in [3.05, 3.63) is 140 Å². The van der Waals surface area contributed by atoms with E-state index in [4.69, 9.17) is 56.4 Å². The molecule has 6 rings (SSSR count). The molecule has 6 aromatic carbocycles. The van der Waals surface area contributed by atoms with Crippen molar-refractivity contribution in [1.82, 2.24) is 0 Å². The van der Waals surface area contributed by atoms with E-state index in [0.717, 1.165) is 55.2 Å². The Labute approximate surface area is 290 Å². The Hall–Kier alpha value is -2.21. The van der Waals surface area contributed by atoms with Crippen LogP contribution in [0.15, 0.2) is 119 Å². The number of fused-ring (bicyclic) bond motifs is 2. The third kappa shape index (κ3) is 7.72. The van der Waals surface area contributed by atoms with Crippen LogP contribution in [0.1, 0.15) is 11.1 Å². The zero-order valence-electron chi connectivity index (χ0n) is 22.0. The maximum absolute atomic E-state index is 6.46. The van der Waals surface area contributed by atoms with Gasteiger partial charge in [0.05, 0.1) is 21.4 Å². The quantitative estimate of drug-likeness (QED) is 0.122. The predicted molar refractivity (Wildman–Crippen MR) is 192 cm³/mol. The van der Waals surface area contributed by atoms with Crippen LogP contribution in [0, 0.1) is 0 Å². The second kappa shape index (κ2) is 15.2. The third-order valence-electron chi connectivity index (χ3n) is 6.67. The normalized spacial score (nSPS) is 11.5. The summed E-state index contributed by atoms with van der Waals surface area (Å²) in [5.41, 5.74) is 5.10. The molecule has 218 valence electrons. The van der Waals surface area contributed by atoms with Crippen molar-refractivity contribution in [2.24, 2.45) is 9.98 Å². The summed E-state index contributed by atoms with van der Waals surface area (Å²) in [6.45, 7) is 0. The molecule has 0 N–H and O–H groups in total. The van der Waals surface area contributed by atoms with Crippen molar-refractivity contribution >= 4 is 120 Å². The number of aliphatic imine (C=N–C) groups is 2. The fourth-order valence-corrected chi connectivity index (χ4v) is 5.67. The molecule has 0 bridgehead atoms. The number of benzene rings is 6. The van der Waals surface area contributed by atoms with Crippen LogP contribution in [0.3, 0.4) is 0 Å². The van der Waals surface area contributed by atoms with Gasteiger partial charge in [-0.1, -0.05) is 119 Å². The van der Waals surface area contributed by atoms with Crippen LogP contribution in [-0.4, -0.2) is 12.4 Å². The van der Waals surface area contributed by atoms with E-state index < -0.39 is 0 Å². The molecule has 9 heteroatoms. The van der Waals surface area contributed by atoms with Crippen molar-refractivity contribution in [2.75, 3.05) is 0 Å². The van der Waals surface area contributed by atoms with Crippen molar-refractivity contribution in [3.63, 3.8) is 0 Å². The van der Waals surface area contributed by atoms with Crippen molar-refractivity contribution in [3.8, 4) is 11.1 Å². The zero-order valence-corrected chi connectivity index (χ0v) is 29.2. The first-order chi connectivity index (χ1) is 20.9. The standard InChI is InChI=1S/C34H20Cl4N2.2BrH.Ni/c35-25-13-9-23(29(37)17-25)19-39-31-15-11-21-5-1-3-7-27(21)33(31)34-28-8-4-2-6-22(28)12-16-32(34)40-20-24-10-14-26(36)18-30(24)38;;;/h1-20H;2*1H;/q;;;+2/p-2. The summed E-state index contributed by atoms with van der Waals surface area (Å²) in [7, 11) is 1.25. The van der Waals surface area contributed by atoms with Gasteiger partial charge in [-0.25, -0.2) is 0 Å². The van der Waals surface area contributed by atoms with E-state index >= 15 is 0 Å². The average Bonchev–Trinajstić information content (AvgIpc) is 3.00. The monoisotopic (exact) mass is 812 g/mol. The molecule has 6 aromatic rings. The molecule has 0 radical (unpaired) electrons. The molecule has 0 aliphatic rings. The minimum atomic E-state index is 0.536. The number of halogens is 6. The zero-order chi connectivity index (χ0) is 30.3. The molecule has 0 aliphatic heterocycles. The second-order valence-electron chi connectivity index (χ2n) is 9.25. The molecule has 0 fully saturated rings. The van der Waals surface area contributed by atoms with E-state index in [0.29, 0.717) is 20.1 Å². The van der Waals surface area contributed by atoms with E-state index in [2.05, 4.69) is 64.8 Å². The summed E-state index contributed by atoms with van der Waals surface area (Å²) < 4.78 is 0. The summed E-state index contributed by atoms with van der Waals surface area (Å²) >= 11 is 31.1. The van der Waals surface area contributed by atoms with Crippen LogP contribution < -0.4 is 0 Å². The van der Waals surface area contributed by atoms with Crippen LogP contribution in [0.5, 0.6) is 0 Å². The number of hydrogen-bond donors (Lipinski definition) is 0. The van der Waals surface area contributed by atoms with Crippen LogP contribution in [0.25, 0.3) is 32.7 Å². The number of nitrogens with zero attached hydrogens (tertiary/aromatic N) is 2. The Morgan fingerprint density at radius 3 is 1.30 bits per heavy atom. The molecule has 0 amide bonds. The molecule has 0 spiro atoms. The number of rotatable bonds is 5. The summed E-state index contributed by atoms with van der Waals surface area (Å²) in [5.74, 6) is 0. The molecule has 0 saturated heterocycles. The molecular formula is C34H20Br2Cl4N2Ni. The first-order valence-corrected chi connectivity index (χ1v) is 19.1. The molecular weight excluding hydrogens is 797 g/mol. The topological polar surface area (TPSA) is 24.7 Å². The second-order valence-corrected chi connectivity index (χ2v) is 15.9.